The molecule has 18 heteroatoms. The van der Waals surface area contributed by atoms with E-state index in [-0.39, 0.29) is 19.3 Å². The Hall–Kier alpha value is -4.31. The number of unbranched alkanes of at least 4 members (excludes halogenated alkanes) is 39. The number of carbonyl (C=O) groups is 3. The summed E-state index contributed by atoms with van der Waals surface area (Å²) in [6, 6.07) is 0. The van der Waals surface area contributed by atoms with Gasteiger partial charge in [-0.2, -0.15) is 0 Å². The predicted octanol–water partition coefficient (Wildman–Crippen LogP) is 27.0. The Labute approximate surface area is 677 Å². The zero-order valence-electron chi connectivity index (χ0n) is 70.4. The number of aliphatic hydroxyl groups excluding tert-OH is 2. The maximum Gasteiger partial charge on any atom is 0.472 e. The van der Waals surface area contributed by atoms with Gasteiger partial charge in [0.1, 0.15) is 25.4 Å². The lowest BCUT2D eigenvalue weighted by molar-refractivity contribution is -0.161. The number of phosphoric acid groups is 2. The molecule has 0 saturated heterocycles. The van der Waals surface area contributed by atoms with Gasteiger partial charge in [-0.3, -0.25) is 32.5 Å². The van der Waals surface area contributed by atoms with E-state index in [2.05, 4.69) is 154 Å². The topological polar surface area (TPSA) is 231 Å². The largest absolute Gasteiger partial charge is 0.472 e. The minimum Gasteiger partial charge on any atom is -0.463 e. The first-order valence-electron chi connectivity index (χ1n) is 44.5. The Bertz CT molecular complexity index is 2550. The molecular weight excluding hydrogens is 1430 g/mol. The molecule has 16 nitrogen and oxygen atoms in total. The Morgan fingerprint density at radius 1 is 0.261 bits per heavy atom. The van der Waals surface area contributed by atoms with E-state index in [1.165, 1.54) is 173 Å². The van der Waals surface area contributed by atoms with E-state index in [0.29, 0.717) is 19.3 Å². The minimum atomic E-state index is -4.94. The second-order valence-electron chi connectivity index (χ2n) is 29.6. The number of hydrogen-bond acceptors (Lipinski definition) is 14. The number of ether oxygens (including phenoxy) is 3. The van der Waals surface area contributed by atoms with E-state index in [0.717, 1.165) is 148 Å². The Morgan fingerprint density at radius 3 is 0.757 bits per heavy atom. The van der Waals surface area contributed by atoms with Crippen LogP contribution in [0.25, 0.3) is 0 Å². The second-order valence-corrected chi connectivity index (χ2v) is 32.6. The fourth-order valence-electron chi connectivity index (χ4n) is 12.2. The summed E-state index contributed by atoms with van der Waals surface area (Å²) in [6.45, 7) is 2.50. The number of rotatable bonds is 84. The lowest BCUT2D eigenvalue weighted by atomic mass is 10.0. The van der Waals surface area contributed by atoms with E-state index in [4.69, 9.17) is 32.3 Å². The van der Waals surface area contributed by atoms with Gasteiger partial charge in [-0.1, -0.05) is 379 Å². The summed E-state index contributed by atoms with van der Waals surface area (Å²) >= 11 is 0. The zero-order valence-corrected chi connectivity index (χ0v) is 72.1. The average Bonchev–Trinajstić information content (AvgIpc) is 0.912. The number of hydrogen-bond donors (Lipinski definition) is 4. The molecule has 5 atom stereocenters. The van der Waals surface area contributed by atoms with Crippen molar-refractivity contribution >= 4 is 33.6 Å². The van der Waals surface area contributed by atoms with Crippen LogP contribution in [0.2, 0.25) is 0 Å². The van der Waals surface area contributed by atoms with Crippen molar-refractivity contribution < 1.29 is 75.8 Å². The van der Waals surface area contributed by atoms with Crippen molar-refractivity contribution in [3.63, 3.8) is 0 Å². The van der Waals surface area contributed by atoms with E-state index in [1.807, 2.05) is 0 Å². The summed E-state index contributed by atoms with van der Waals surface area (Å²) in [5.41, 5.74) is 0. The Kier molecular flexibility index (Phi) is 81.8. The third kappa shape index (κ3) is 86.4. The number of esters is 3. The molecule has 111 heavy (non-hydrogen) atoms. The molecule has 0 amide bonds. The van der Waals surface area contributed by atoms with Crippen LogP contribution in [-0.2, 0) is 55.8 Å². The SMILES string of the molecule is CC/C=C\C/C=C\C/C=C\C/C=C\C/C=C\C/C=C\CCCCCCCCCCC(=O)OCC(COP(=O)(O)OCC(O)COP(=O)(O)OCC(O)COC(=O)CCCCCCCCCCCCCCCCCCC/C=C\C/C=C\C/C=C\C/C=C\C/C=C\CC)OC(=O)CCCCCCCCCCCCCCCCC. The summed E-state index contributed by atoms with van der Waals surface area (Å²) in [5, 5.41) is 20.7. The van der Waals surface area contributed by atoms with Crippen molar-refractivity contribution in [2.45, 2.75) is 399 Å². The molecule has 0 aromatic rings. The van der Waals surface area contributed by atoms with Crippen LogP contribution in [0.5, 0.6) is 0 Å². The number of carbonyl (C=O) groups excluding carboxylic acids is 3. The standard InChI is InChI=1S/C93H162O16P2/c1-4-7-10-13-16-19-22-25-28-30-32-34-36-38-40-41-42-43-44-45-47-49-50-52-54-56-59-61-64-67-70-73-76-79-91(96)103-82-88(94)83-105-110(99,100)106-84-89(95)85-107-111(101,102)108-87-90(109-93(98)81-78-75-72-69-66-63-58-27-24-21-18-15-12-9-6-3)86-104-92(97)80-77-74-71-68-65-62-60-57-55-53-51-48-46-39-37-35-33-31-29-26-23-20-17-14-11-8-5-2/h7-8,10-11,16-17,19-20,25-26,28-29,32-35,38-40,46,51,53,88-90,94-95H,4-6,9,12-15,18,21-24,27,30-31,36-37,41-45,47-50,52,54-87H2,1-3H3,(H,99,100)(H,101,102)/b10-7-,11-8-,19-16-,20-17-,28-25-,29-26-,34-32-,35-33-,40-38-,46-39-,53-51-. The lowest BCUT2D eigenvalue weighted by Crippen LogP contribution is -2.30. The molecule has 0 aliphatic carbocycles. The third-order valence-electron chi connectivity index (χ3n) is 18.9. The van der Waals surface area contributed by atoms with Crippen LogP contribution in [0.15, 0.2) is 134 Å². The molecule has 0 spiro atoms. The smallest absolute Gasteiger partial charge is 0.463 e. The summed E-state index contributed by atoms with van der Waals surface area (Å²) in [4.78, 5) is 58.9. The molecule has 0 aromatic carbocycles. The van der Waals surface area contributed by atoms with E-state index < -0.39 is 91.5 Å². The maximum atomic E-state index is 13.0. The molecule has 5 unspecified atom stereocenters. The first-order chi connectivity index (χ1) is 54.2. The molecule has 0 aromatic heterocycles. The molecule has 0 rings (SSSR count). The molecule has 0 radical (unpaired) electrons. The van der Waals surface area contributed by atoms with Crippen LogP contribution in [0, 0.1) is 0 Å². The molecule has 0 heterocycles. The highest BCUT2D eigenvalue weighted by atomic mass is 31.2. The zero-order chi connectivity index (χ0) is 80.8. The van der Waals surface area contributed by atoms with Crippen LogP contribution in [-0.4, -0.2) is 95.9 Å². The van der Waals surface area contributed by atoms with Crippen LogP contribution in [0.3, 0.4) is 0 Å². The second kappa shape index (κ2) is 85.1. The fraction of sp³-hybridized carbons (Fsp3) is 0.731. The minimum absolute atomic E-state index is 0.105. The highest BCUT2D eigenvalue weighted by molar-refractivity contribution is 7.47. The summed E-state index contributed by atoms with van der Waals surface area (Å²) in [6.07, 6.45) is 105. The molecule has 4 N–H and O–H groups in total. The van der Waals surface area contributed by atoms with Gasteiger partial charge in [0.05, 0.1) is 26.4 Å². The predicted molar refractivity (Wildman–Crippen MR) is 463 cm³/mol. The first kappa shape index (κ1) is 107. The van der Waals surface area contributed by atoms with Crippen molar-refractivity contribution in [2.75, 3.05) is 39.6 Å². The number of aliphatic hydroxyl groups is 2. The van der Waals surface area contributed by atoms with Gasteiger partial charge < -0.3 is 34.2 Å². The Balaban J connectivity index is 4.46. The number of allylic oxidation sites excluding steroid dienone is 22. The van der Waals surface area contributed by atoms with Crippen LogP contribution in [0.1, 0.15) is 380 Å². The lowest BCUT2D eigenvalue weighted by Gasteiger charge is -2.21. The van der Waals surface area contributed by atoms with Gasteiger partial charge in [0.25, 0.3) is 0 Å². The summed E-state index contributed by atoms with van der Waals surface area (Å²) < 4.78 is 61.4. The van der Waals surface area contributed by atoms with Gasteiger partial charge in [-0.05, 0) is 116 Å². The number of phosphoric ester groups is 2. The highest BCUT2D eigenvalue weighted by Gasteiger charge is 2.29. The van der Waals surface area contributed by atoms with Crippen molar-refractivity contribution in [3.8, 4) is 0 Å². The molecule has 0 bridgehead atoms. The van der Waals surface area contributed by atoms with Crippen LogP contribution < -0.4 is 0 Å². The van der Waals surface area contributed by atoms with Crippen molar-refractivity contribution in [1.29, 1.82) is 0 Å². The average molecular weight is 1600 g/mol. The Morgan fingerprint density at radius 2 is 0.477 bits per heavy atom. The first-order valence-corrected chi connectivity index (χ1v) is 47.5. The fourth-order valence-corrected chi connectivity index (χ4v) is 13.8. The van der Waals surface area contributed by atoms with Crippen molar-refractivity contribution in [2.24, 2.45) is 0 Å². The highest BCUT2D eigenvalue weighted by Crippen LogP contribution is 2.45. The van der Waals surface area contributed by atoms with Gasteiger partial charge in [-0.15, -0.1) is 0 Å². The van der Waals surface area contributed by atoms with Gasteiger partial charge in [0, 0.05) is 19.3 Å². The van der Waals surface area contributed by atoms with Gasteiger partial charge in [-0.25, -0.2) is 9.13 Å². The third-order valence-corrected chi connectivity index (χ3v) is 20.8. The van der Waals surface area contributed by atoms with Gasteiger partial charge in [0.2, 0.25) is 0 Å². The molecular formula is C93H162O16P2. The molecule has 0 aliphatic heterocycles. The summed E-state index contributed by atoms with van der Waals surface area (Å²) in [7, 11) is -9.79. The quantitative estimate of drug-likeness (QED) is 0.0146. The molecule has 640 valence electrons. The van der Waals surface area contributed by atoms with E-state index in [9.17, 15) is 43.5 Å². The van der Waals surface area contributed by atoms with E-state index in [1.54, 1.807) is 0 Å². The maximum absolute atomic E-state index is 13.0. The van der Waals surface area contributed by atoms with Crippen molar-refractivity contribution in [3.05, 3.63) is 134 Å². The van der Waals surface area contributed by atoms with Crippen LogP contribution in [0.4, 0.5) is 0 Å². The molecule has 0 aliphatic rings. The molecule has 0 saturated carbocycles. The van der Waals surface area contributed by atoms with Crippen LogP contribution >= 0.6 is 15.6 Å². The van der Waals surface area contributed by atoms with E-state index >= 15 is 0 Å². The molecule has 0 fully saturated rings. The van der Waals surface area contributed by atoms with Gasteiger partial charge >= 0.3 is 33.6 Å². The summed E-state index contributed by atoms with van der Waals surface area (Å²) in [5.74, 6) is -1.57. The van der Waals surface area contributed by atoms with Crippen molar-refractivity contribution in [1.82, 2.24) is 0 Å². The monoisotopic (exact) mass is 1600 g/mol. The normalized spacial score (nSPS) is 14.5. The van der Waals surface area contributed by atoms with Gasteiger partial charge in [0.15, 0.2) is 6.10 Å².